The highest BCUT2D eigenvalue weighted by molar-refractivity contribution is 5.73. The molecule has 0 aliphatic heterocycles. The van der Waals surface area contributed by atoms with Gasteiger partial charge in [0.25, 0.3) is 0 Å². The van der Waals surface area contributed by atoms with E-state index in [2.05, 4.69) is 42.0 Å². The van der Waals surface area contributed by atoms with Gasteiger partial charge < -0.3 is 15.0 Å². The van der Waals surface area contributed by atoms with E-state index in [1.165, 1.54) is 11.1 Å². The van der Waals surface area contributed by atoms with E-state index in [1.807, 2.05) is 22.5 Å². The van der Waals surface area contributed by atoms with Gasteiger partial charge in [0.2, 0.25) is 0 Å². The quantitative estimate of drug-likeness (QED) is 0.775. The second-order valence-electron chi connectivity index (χ2n) is 5.05. The number of hydrogen-bond donors (Lipinski definition) is 1. The summed E-state index contributed by atoms with van der Waals surface area (Å²) in [6.45, 7) is 4.17. The molecule has 0 aliphatic rings. The first-order chi connectivity index (χ1) is 9.54. The molecule has 5 heteroatoms. The summed E-state index contributed by atoms with van der Waals surface area (Å²) in [5.41, 5.74) is 10.2. The lowest BCUT2D eigenvalue weighted by Crippen LogP contribution is -2.14. The topological polar surface area (TPSA) is 59.5 Å². The van der Waals surface area contributed by atoms with Crippen LogP contribution < -0.4 is 10.6 Å². The highest BCUT2D eigenvalue weighted by Gasteiger charge is 2.13. The van der Waals surface area contributed by atoms with E-state index < -0.39 is 0 Å². The highest BCUT2D eigenvalue weighted by Crippen LogP contribution is 2.27. The molecule has 2 heterocycles. The summed E-state index contributed by atoms with van der Waals surface area (Å²) < 4.78 is 1.89. The average molecular weight is 267 g/mol. The first-order valence-corrected chi connectivity index (χ1v) is 6.46. The lowest BCUT2D eigenvalue weighted by molar-refractivity contribution is 1.07. The third-order valence-corrected chi connectivity index (χ3v) is 3.29. The number of benzene rings is 1. The van der Waals surface area contributed by atoms with Crippen LogP contribution in [0.1, 0.15) is 11.1 Å². The van der Waals surface area contributed by atoms with Gasteiger partial charge in [-0.3, -0.25) is 0 Å². The SMILES string of the molecule is Cc1cc(C)cc(N(C)c2nc(N)cn3ccnc23)c1. The Morgan fingerprint density at radius 1 is 1.15 bits per heavy atom. The van der Waals surface area contributed by atoms with Gasteiger partial charge in [-0.1, -0.05) is 6.07 Å². The van der Waals surface area contributed by atoms with Crippen molar-refractivity contribution in [2.24, 2.45) is 0 Å². The zero-order valence-electron chi connectivity index (χ0n) is 11.8. The molecule has 0 spiro atoms. The van der Waals surface area contributed by atoms with Gasteiger partial charge in [-0.2, -0.15) is 0 Å². The number of hydrogen-bond acceptors (Lipinski definition) is 4. The maximum absolute atomic E-state index is 5.87. The third-order valence-electron chi connectivity index (χ3n) is 3.29. The first-order valence-electron chi connectivity index (χ1n) is 6.46. The van der Waals surface area contributed by atoms with Crippen molar-refractivity contribution >= 4 is 23.0 Å². The molecule has 1 aromatic carbocycles. The summed E-state index contributed by atoms with van der Waals surface area (Å²) in [6.07, 6.45) is 5.38. The zero-order valence-corrected chi connectivity index (χ0v) is 11.8. The van der Waals surface area contributed by atoms with Crippen LogP contribution in [0.3, 0.4) is 0 Å². The van der Waals surface area contributed by atoms with Gasteiger partial charge in [0.05, 0.1) is 6.20 Å². The Bertz CT molecular complexity index is 755. The minimum atomic E-state index is 0.474. The fraction of sp³-hybridized carbons (Fsp3) is 0.200. The minimum Gasteiger partial charge on any atom is -0.382 e. The Morgan fingerprint density at radius 2 is 1.85 bits per heavy atom. The predicted octanol–water partition coefficient (Wildman–Crippen LogP) is 2.70. The number of nitrogens with zero attached hydrogens (tertiary/aromatic N) is 4. The van der Waals surface area contributed by atoms with Crippen molar-refractivity contribution in [3.63, 3.8) is 0 Å². The van der Waals surface area contributed by atoms with E-state index in [9.17, 15) is 0 Å². The number of nitrogens with two attached hydrogens (primary N) is 1. The second kappa shape index (κ2) is 4.52. The van der Waals surface area contributed by atoms with Crippen molar-refractivity contribution in [1.82, 2.24) is 14.4 Å². The molecule has 0 bridgehead atoms. The molecule has 0 atom stereocenters. The summed E-state index contributed by atoms with van der Waals surface area (Å²) in [7, 11) is 1.98. The van der Waals surface area contributed by atoms with Crippen LogP contribution in [-0.2, 0) is 0 Å². The molecule has 0 saturated carbocycles. The summed E-state index contributed by atoms with van der Waals surface area (Å²) in [6, 6.07) is 6.39. The monoisotopic (exact) mass is 267 g/mol. The van der Waals surface area contributed by atoms with Gasteiger partial charge in [0.15, 0.2) is 11.5 Å². The molecule has 3 aromatic rings. The van der Waals surface area contributed by atoms with E-state index in [0.717, 1.165) is 17.2 Å². The number of aromatic nitrogens is 3. The maximum atomic E-state index is 5.87. The Kier molecular flexibility index (Phi) is 2.82. The number of imidazole rings is 1. The third kappa shape index (κ3) is 2.07. The van der Waals surface area contributed by atoms with E-state index in [-0.39, 0.29) is 0 Å². The molecule has 2 N–H and O–H groups in total. The van der Waals surface area contributed by atoms with Crippen LogP contribution in [0.25, 0.3) is 5.65 Å². The zero-order chi connectivity index (χ0) is 14.3. The molecule has 20 heavy (non-hydrogen) atoms. The van der Waals surface area contributed by atoms with Crippen LogP contribution in [-0.4, -0.2) is 21.4 Å². The Hall–Kier alpha value is -2.56. The molecule has 102 valence electrons. The number of rotatable bonds is 2. The van der Waals surface area contributed by atoms with Crippen LogP contribution in [0.15, 0.2) is 36.8 Å². The number of aryl methyl sites for hydroxylation is 2. The van der Waals surface area contributed by atoms with Crippen molar-refractivity contribution in [3.8, 4) is 0 Å². The fourth-order valence-corrected chi connectivity index (χ4v) is 2.43. The molecule has 0 saturated heterocycles. The van der Waals surface area contributed by atoms with Gasteiger partial charge in [-0.25, -0.2) is 9.97 Å². The summed E-state index contributed by atoms with van der Waals surface area (Å²) in [5, 5.41) is 0. The summed E-state index contributed by atoms with van der Waals surface area (Å²) in [5.74, 6) is 1.22. The van der Waals surface area contributed by atoms with E-state index in [0.29, 0.717) is 5.82 Å². The Morgan fingerprint density at radius 3 is 2.55 bits per heavy atom. The van der Waals surface area contributed by atoms with Crippen molar-refractivity contribution in [3.05, 3.63) is 47.9 Å². The average Bonchev–Trinajstić information content (AvgIpc) is 2.83. The molecule has 0 unspecified atom stereocenters. The number of nitrogen functional groups attached to an aromatic ring is 1. The van der Waals surface area contributed by atoms with Gasteiger partial charge >= 0.3 is 0 Å². The van der Waals surface area contributed by atoms with E-state index in [1.54, 1.807) is 12.4 Å². The van der Waals surface area contributed by atoms with Gasteiger partial charge in [-0.15, -0.1) is 0 Å². The largest absolute Gasteiger partial charge is 0.382 e. The van der Waals surface area contributed by atoms with E-state index >= 15 is 0 Å². The van der Waals surface area contributed by atoms with Crippen molar-refractivity contribution < 1.29 is 0 Å². The molecular formula is C15H17N5. The molecule has 0 fully saturated rings. The number of fused-ring (bicyclic) bond motifs is 1. The Labute approximate surface area is 117 Å². The fourth-order valence-electron chi connectivity index (χ4n) is 2.43. The summed E-state index contributed by atoms with van der Waals surface area (Å²) in [4.78, 5) is 10.8. The molecule has 3 rings (SSSR count). The smallest absolute Gasteiger partial charge is 0.180 e. The van der Waals surface area contributed by atoms with Crippen LogP contribution in [0.2, 0.25) is 0 Å². The normalized spacial score (nSPS) is 10.9. The van der Waals surface area contributed by atoms with E-state index in [4.69, 9.17) is 5.73 Å². The minimum absolute atomic E-state index is 0.474. The lowest BCUT2D eigenvalue weighted by Gasteiger charge is -2.20. The van der Waals surface area contributed by atoms with Crippen molar-refractivity contribution in [2.75, 3.05) is 17.7 Å². The molecule has 0 radical (unpaired) electrons. The molecule has 5 nitrogen and oxygen atoms in total. The Balaban J connectivity index is 2.16. The summed E-state index contributed by atoms with van der Waals surface area (Å²) >= 11 is 0. The molecule has 2 aromatic heterocycles. The van der Waals surface area contributed by atoms with Crippen LogP contribution >= 0.6 is 0 Å². The van der Waals surface area contributed by atoms with Crippen LogP contribution in [0, 0.1) is 13.8 Å². The van der Waals surface area contributed by atoms with Crippen molar-refractivity contribution in [2.45, 2.75) is 13.8 Å². The maximum Gasteiger partial charge on any atom is 0.180 e. The highest BCUT2D eigenvalue weighted by atomic mass is 15.2. The van der Waals surface area contributed by atoms with Gasteiger partial charge in [-0.05, 0) is 37.1 Å². The van der Waals surface area contributed by atoms with Gasteiger partial charge in [0, 0.05) is 25.1 Å². The number of anilines is 3. The second-order valence-corrected chi connectivity index (χ2v) is 5.05. The predicted molar refractivity (Wildman–Crippen MR) is 81.4 cm³/mol. The lowest BCUT2D eigenvalue weighted by atomic mass is 10.1. The standard InChI is InChI=1S/C15H17N5/c1-10-6-11(2)8-12(7-10)19(3)15-14-17-4-5-20(14)9-13(16)18-15/h4-9H,16H2,1-3H3. The molecule has 0 aliphatic carbocycles. The van der Waals surface area contributed by atoms with Crippen LogP contribution in [0.5, 0.6) is 0 Å². The molecular weight excluding hydrogens is 250 g/mol. The molecule has 0 amide bonds. The first kappa shape index (κ1) is 12.5. The van der Waals surface area contributed by atoms with Crippen LogP contribution in [0.4, 0.5) is 17.3 Å². The van der Waals surface area contributed by atoms with Crippen molar-refractivity contribution in [1.29, 1.82) is 0 Å². The van der Waals surface area contributed by atoms with Gasteiger partial charge in [0.1, 0.15) is 5.82 Å².